The van der Waals surface area contributed by atoms with Gasteiger partial charge in [0.05, 0.1) is 0 Å². The quantitative estimate of drug-likeness (QED) is 0.822. The van der Waals surface area contributed by atoms with Gasteiger partial charge in [0.25, 0.3) is 0 Å². The number of carbonyl (C=O) groups excluding carboxylic acids is 1. The monoisotopic (exact) mass is 308 g/mol. The van der Waals surface area contributed by atoms with Crippen molar-refractivity contribution in [3.8, 4) is 0 Å². The third kappa shape index (κ3) is 3.98. The zero-order chi connectivity index (χ0) is 15.4. The van der Waals surface area contributed by atoms with Crippen molar-refractivity contribution in [3.63, 3.8) is 0 Å². The normalized spacial score (nSPS) is 13.6. The van der Waals surface area contributed by atoms with E-state index in [1.807, 2.05) is 0 Å². The third-order valence-corrected chi connectivity index (χ3v) is 3.44. The molecule has 1 aliphatic rings. The van der Waals surface area contributed by atoms with Crippen molar-refractivity contribution in [2.24, 2.45) is 0 Å². The Kier molecular flexibility index (Phi) is 4.85. The van der Waals surface area contributed by atoms with Crippen LogP contribution in [0.5, 0.6) is 0 Å². The minimum Gasteiger partial charge on any atom is -0.480 e. The van der Waals surface area contributed by atoms with E-state index in [0.29, 0.717) is 17.3 Å². The summed E-state index contributed by atoms with van der Waals surface area (Å²) < 4.78 is 0. The lowest BCUT2D eigenvalue weighted by Crippen LogP contribution is -2.46. The van der Waals surface area contributed by atoms with E-state index in [2.05, 4.69) is 6.58 Å². The van der Waals surface area contributed by atoms with Crippen molar-refractivity contribution in [2.75, 3.05) is 18.0 Å². The van der Waals surface area contributed by atoms with Crippen LogP contribution in [0.2, 0.25) is 5.02 Å². The number of amides is 2. The standard InChI is InChI=1S/C15H17ClN2O3/c1-2-8-17(12-6-7-12)15(21)18(10-14(19)20)13-5-3-4-11(16)9-13/h2-5,9,12H,1,6-8,10H2,(H,19,20). The van der Waals surface area contributed by atoms with E-state index < -0.39 is 12.5 Å². The molecule has 0 bridgehead atoms. The van der Waals surface area contributed by atoms with E-state index in [9.17, 15) is 9.59 Å². The largest absolute Gasteiger partial charge is 0.480 e. The Labute approximate surface area is 128 Å². The summed E-state index contributed by atoms with van der Waals surface area (Å²) in [6, 6.07) is 6.46. The maximum absolute atomic E-state index is 12.7. The molecule has 0 aromatic heterocycles. The molecule has 1 aliphatic carbocycles. The number of aliphatic carboxylic acids is 1. The van der Waals surface area contributed by atoms with Crippen LogP contribution in [0.25, 0.3) is 0 Å². The Morgan fingerprint density at radius 2 is 2.14 bits per heavy atom. The molecule has 112 valence electrons. The first-order valence-electron chi connectivity index (χ1n) is 6.69. The SMILES string of the molecule is C=CCN(C(=O)N(CC(=O)O)c1cccc(Cl)c1)C1CC1. The predicted octanol–water partition coefficient (Wildman–Crippen LogP) is 3.00. The highest BCUT2D eigenvalue weighted by Gasteiger charge is 2.35. The number of hydrogen-bond donors (Lipinski definition) is 1. The highest BCUT2D eigenvalue weighted by Crippen LogP contribution is 2.29. The molecular formula is C15H17ClN2O3. The fraction of sp³-hybridized carbons (Fsp3) is 0.333. The molecule has 1 fully saturated rings. The predicted molar refractivity (Wildman–Crippen MR) is 81.8 cm³/mol. The Hall–Kier alpha value is -2.01. The molecule has 0 heterocycles. The summed E-state index contributed by atoms with van der Waals surface area (Å²) in [7, 11) is 0. The molecule has 5 nitrogen and oxygen atoms in total. The summed E-state index contributed by atoms with van der Waals surface area (Å²) in [5.74, 6) is -1.07. The molecule has 0 spiro atoms. The summed E-state index contributed by atoms with van der Waals surface area (Å²) >= 11 is 5.93. The molecule has 1 aromatic rings. The van der Waals surface area contributed by atoms with Crippen LogP contribution in [0, 0.1) is 0 Å². The average molecular weight is 309 g/mol. The summed E-state index contributed by atoms with van der Waals surface area (Å²) in [4.78, 5) is 26.6. The van der Waals surface area contributed by atoms with E-state index >= 15 is 0 Å². The van der Waals surface area contributed by atoms with Gasteiger partial charge in [-0.3, -0.25) is 9.69 Å². The van der Waals surface area contributed by atoms with Crippen molar-refractivity contribution in [1.29, 1.82) is 0 Å². The number of hydrogen-bond acceptors (Lipinski definition) is 2. The number of nitrogens with zero attached hydrogens (tertiary/aromatic N) is 2. The Morgan fingerprint density at radius 3 is 2.67 bits per heavy atom. The Morgan fingerprint density at radius 1 is 1.43 bits per heavy atom. The second kappa shape index (κ2) is 6.63. The van der Waals surface area contributed by atoms with Crippen LogP contribution in [-0.4, -0.2) is 41.1 Å². The van der Waals surface area contributed by atoms with Crippen molar-refractivity contribution < 1.29 is 14.7 Å². The van der Waals surface area contributed by atoms with E-state index in [0.717, 1.165) is 12.8 Å². The van der Waals surface area contributed by atoms with Crippen LogP contribution >= 0.6 is 11.6 Å². The first-order chi connectivity index (χ1) is 10.0. The molecule has 1 N–H and O–H groups in total. The van der Waals surface area contributed by atoms with E-state index in [-0.39, 0.29) is 12.1 Å². The highest BCUT2D eigenvalue weighted by molar-refractivity contribution is 6.30. The summed E-state index contributed by atoms with van der Waals surface area (Å²) in [5.41, 5.74) is 0.476. The third-order valence-electron chi connectivity index (χ3n) is 3.20. The highest BCUT2D eigenvalue weighted by atomic mass is 35.5. The Balaban J connectivity index is 2.27. The lowest BCUT2D eigenvalue weighted by Gasteiger charge is -2.29. The van der Waals surface area contributed by atoms with E-state index in [1.54, 1.807) is 35.2 Å². The van der Waals surface area contributed by atoms with Crippen LogP contribution in [0.1, 0.15) is 12.8 Å². The van der Waals surface area contributed by atoms with Gasteiger partial charge in [-0.1, -0.05) is 23.7 Å². The smallest absolute Gasteiger partial charge is 0.325 e. The maximum atomic E-state index is 12.7. The van der Waals surface area contributed by atoms with Crippen LogP contribution in [0.3, 0.4) is 0 Å². The van der Waals surface area contributed by atoms with Gasteiger partial charge in [0.2, 0.25) is 0 Å². The van der Waals surface area contributed by atoms with Crippen molar-refractivity contribution in [3.05, 3.63) is 41.9 Å². The van der Waals surface area contributed by atoms with Crippen LogP contribution in [0.15, 0.2) is 36.9 Å². The van der Waals surface area contributed by atoms with Gasteiger partial charge < -0.3 is 10.0 Å². The second-order valence-corrected chi connectivity index (χ2v) is 5.35. The minimum absolute atomic E-state index is 0.172. The van der Waals surface area contributed by atoms with Gasteiger partial charge in [-0.15, -0.1) is 6.58 Å². The van der Waals surface area contributed by atoms with Gasteiger partial charge in [-0.2, -0.15) is 0 Å². The number of urea groups is 1. The number of halogens is 1. The number of carboxylic acid groups (broad SMARTS) is 1. The molecule has 0 radical (unpaired) electrons. The number of rotatable bonds is 6. The Bertz CT molecular complexity index is 558. The summed E-state index contributed by atoms with van der Waals surface area (Å²) in [6.07, 6.45) is 3.53. The van der Waals surface area contributed by atoms with Gasteiger partial charge in [0, 0.05) is 23.3 Å². The fourth-order valence-corrected chi connectivity index (χ4v) is 2.30. The lowest BCUT2D eigenvalue weighted by atomic mass is 10.3. The summed E-state index contributed by atoms with van der Waals surface area (Å²) in [5, 5.41) is 9.52. The average Bonchev–Trinajstić information content (AvgIpc) is 3.25. The zero-order valence-corrected chi connectivity index (χ0v) is 12.3. The van der Waals surface area contributed by atoms with E-state index in [1.165, 1.54) is 4.90 Å². The molecule has 0 unspecified atom stereocenters. The molecule has 21 heavy (non-hydrogen) atoms. The summed E-state index contributed by atoms with van der Waals surface area (Å²) in [6.45, 7) is 3.65. The van der Waals surface area contributed by atoms with Gasteiger partial charge in [-0.25, -0.2) is 4.79 Å². The molecular weight excluding hydrogens is 292 g/mol. The number of carbonyl (C=O) groups is 2. The van der Waals surface area contributed by atoms with E-state index in [4.69, 9.17) is 16.7 Å². The molecule has 0 saturated heterocycles. The molecule has 2 rings (SSSR count). The van der Waals surface area contributed by atoms with Gasteiger partial charge in [0.1, 0.15) is 6.54 Å². The van der Waals surface area contributed by atoms with Gasteiger partial charge >= 0.3 is 12.0 Å². The number of carboxylic acids is 1. The molecule has 0 atom stereocenters. The van der Waals surface area contributed by atoms with Crippen LogP contribution in [0.4, 0.5) is 10.5 Å². The molecule has 1 saturated carbocycles. The fourth-order valence-electron chi connectivity index (χ4n) is 2.11. The molecule has 2 amide bonds. The number of benzene rings is 1. The van der Waals surface area contributed by atoms with Crippen molar-refractivity contribution in [2.45, 2.75) is 18.9 Å². The first kappa shape index (κ1) is 15.4. The maximum Gasteiger partial charge on any atom is 0.325 e. The van der Waals surface area contributed by atoms with Crippen LogP contribution in [-0.2, 0) is 4.79 Å². The van der Waals surface area contributed by atoms with Crippen LogP contribution < -0.4 is 4.90 Å². The second-order valence-electron chi connectivity index (χ2n) is 4.91. The molecule has 1 aromatic carbocycles. The van der Waals surface area contributed by atoms with Crippen molar-refractivity contribution >= 4 is 29.3 Å². The number of anilines is 1. The first-order valence-corrected chi connectivity index (χ1v) is 7.07. The topological polar surface area (TPSA) is 60.9 Å². The zero-order valence-electron chi connectivity index (χ0n) is 11.5. The molecule has 0 aliphatic heterocycles. The van der Waals surface area contributed by atoms with Crippen molar-refractivity contribution in [1.82, 2.24) is 4.90 Å². The van der Waals surface area contributed by atoms with Gasteiger partial charge in [-0.05, 0) is 31.0 Å². The molecule has 6 heteroatoms. The minimum atomic E-state index is -1.07. The lowest BCUT2D eigenvalue weighted by molar-refractivity contribution is -0.135. The van der Waals surface area contributed by atoms with Gasteiger partial charge in [0.15, 0.2) is 0 Å².